The van der Waals surface area contributed by atoms with Gasteiger partial charge in [0.05, 0.1) is 12.7 Å². The number of carbonyl (C=O) groups is 2. The normalized spacial score (nSPS) is 15.8. The van der Waals surface area contributed by atoms with Crippen molar-refractivity contribution in [2.75, 3.05) is 25.5 Å². The maximum absolute atomic E-state index is 13.9. The third kappa shape index (κ3) is 6.77. The van der Waals surface area contributed by atoms with E-state index in [9.17, 15) is 22.8 Å². The van der Waals surface area contributed by atoms with Gasteiger partial charge in [-0.15, -0.1) is 0 Å². The minimum Gasteiger partial charge on any atom is -0.464 e. The van der Waals surface area contributed by atoms with Crippen molar-refractivity contribution in [1.29, 1.82) is 0 Å². The van der Waals surface area contributed by atoms with Crippen LogP contribution in [0.3, 0.4) is 0 Å². The van der Waals surface area contributed by atoms with E-state index in [0.717, 1.165) is 42.1 Å². The molecule has 0 bridgehead atoms. The van der Waals surface area contributed by atoms with Gasteiger partial charge < -0.3 is 15.0 Å². The van der Waals surface area contributed by atoms with Crippen LogP contribution in [0.5, 0.6) is 0 Å². The number of hydrogen-bond donors (Lipinski definition) is 2. The highest BCUT2D eigenvalue weighted by molar-refractivity contribution is 6.04. The zero-order valence-electron chi connectivity index (χ0n) is 22.8. The molecule has 0 radical (unpaired) electrons. The maximum atomic E-state index is 13.9. The number of likely N-dealkylation sites (tertiary alicyclic amines) is 1. The first-order chi connectivity index (χ1) is 19.6. The van der Waals surface area contributed by atoms with Crippen LogP contribution in [0.25, 0.3) is 11.0 Å². The second kappa shape index (κ2) is 11.7. The van der Waals surface area contributed by atoms with Crippen LogP contribution in [0.4, 0.5) is 18.9 Å². The summed E-state index contributed by atoms with van der Waals surface area (Å²) in [5.74, 6) is -0.603. The van der Waals surface area contributed by atoms with Crippen molar-refractivity contribution in [1.82, 2.24) is 14.9 Å². The van der Waals surface area contributed by atoms with Gasteiger partial charge in [0.25, 0.3) is 5.91 Å². The number of nitrogens with one attached hydrogen (secondary N) is 2. The van der Waals surface area contributed by atoms with Crippen molar-refractivity contribution in [3.8, 4) is 0 Å². The number of aromatic amines is 1. The van der Waals surface area contributed by atoms with Crippen molar-refractivity contribution in [3.05, 3.63) is 94.3 Å². The van der Waals surface area contributed by atoms with Crippen LogP contribution in [-0.4, -0.2) is 46.9 Å². The van der Waals surface area contributed by atoms with Gasteiger partial charge in [-0.2, -0.15) is 13.2 Å². The Morgan fingerprint density at radius 1 is 1.10 bits per heavy atom. The second-order valence-electron chi connectivity index (χ2n) is 10.6. The van der Waals surface area contributed by atoms with E-state index in [0.29, 0.717) is 35.8 Å². The number of methoxy groups -OCH3 is 1. The largest absolute Gasteiger partial charge is 0.464 e. The molecule has 7 nitrogen and oxygen atoms in total. The Hall–Kier alpha value is -4.18. The van der Waals surface area contributed by atoms with Crippen LogP contribution in [0.2, 0.25) is 0 Å². The van der Waals surface area contributed by atoms with Gasteiger partial charge in [-0.1, -0.05) is 25.1 Å². The fourth-order valence-electron chi connectivity index (χ4n) is 5.24. The molecule has 1 fully saturated rings. The number of nitrogens with zero attached hydrogens (tertiary/aromatic N) is 2. The van der Waals surface area contributed by atoms with Crippen LogP contribution >= 0.6 is 0 Å². The van der Waals surface area contributed by atoms with Crippen LogP contribution in [0.1, 0.15) is 56.4 Å². The fourth-order valence-corrected chi connectivity index (χ4v) is 5.24. The Balaban J connectivity index is 1.25. The molecule has 41 heavy (non-hydrogen) atoms. The molecule has 214 valence electrons. The first kappa shape index (κ1) is 28.4. The number of fused-ring (bicyclic) bond motifs is 1. The third-order valence-electron chi connectivity index (χ3n) is 7.40. The molecule has 0 saturated carbocycles. The predicted octanol–water partition coefficient (Wildman–Crippen LogP) is 6.25. The average Bonchev–Trinajstić information content (AvgIpc) is 3.56. The lowest BCUT2D eigenvalue weighted by Gasteiger charge is -2.20. The molecule has 2 aromatic heterocycles. The number of halogens is 3. The molecule has 1 atom stereocenters. The standard InChI is InChI=1S/C31H31F3N4O3/c1-19-10-11-38(17-19)18-23-9-8-22(14-26(23)31(32,33)34)29(39)36-25-5-3-4-20(13-25)6-7-21-12-24-15-27(30(40)41-2)37-28(24)35-16-21/h3-5,8-9,12-16,19H,6-7,10-11,17-18H2,1-2H3,(H,35,37)(H,36,39). The molecule has 3 heterocycles. The lowest BCUT2D eigenvalue weighted by molar-refractivity contribution is -0.138. The monoisotopic (exact) mass is 564 g/mol. The summed E-state index contributed by atoms with van der Waals surface area (Å²) in [4.78, 5) is 34.0. The lowest BCUT2D eigenvalue weighted by Crippen LogP contribution is -2.23. The molecular weight excluding hydrogens is 533 g/mol. The van der Waals surface area contributed by atoms with E-state index in [1.54, 1.807) is 24.4 Å². The van der Waals surface area contributed by atoms with Gasteiger partial charge in [0, 0.05) is 35.9 Å². The maximum Gasteiger partial charge on any atom is 0.416 e. The highest BCUT2D eigenvalue weighted by Crippen LogP contribution is 2.34. The van der Waals surface area contributed by atoms with Crippen molar-refractivity contribution < 1.29 is 27.5 Å². The summed E-state index contributed by atoms with van der Waals surface area (Å²) >= 11 is 0. The molecule has 1 saturated heterocycles. The summed E-state index contributed by atoms with van der Waals surface area (Å²) in [6, 6.07) is 14.7. The van der Waals surface area contributed by atoms with Gasteiger partial charge in [-0.05, 0) is 84.8 Å². The summed E-state index contributed by atoms with van der Waals surface area (Å²) < 4.78 is 46.5. The molecule has 1 aliphatic rings. The van der Waals surface area contributed by atoms with Gasteiger partial charge in [-0.25, -0.2) is 9.78 Å². The zero-order chi connectivity index (χ0) is 29.1. The van der Waals surface area contributed by atoms with E-state index in [1.807, 2.05) is 23.1 Å². The SMILES string of the molecule is COC(=O)c1cc2cc(CCc3cccc(NC(=O)c4ccc(CN5CCC(C)C5)c(C(F)(F)F)c4)c3)cnc2[nH]1. The summed E-state index contributed by atoms with van der Waals surface area (Å²) in [6.07, 6.45) is -0.552. The first-order valence-electron chi connectivity index (χ1n) is 13.5. The number of ether oxygens (including phenoxy) is 1. The number of rotatable bonds is 8. The number of carbonyl (C=O) groups excluding carboxylic acids is 2. The van der Waals surface area contributed by atoms with Gasteiger partial charge in [0.1, 0.15) is 11.3 Å². The molecule has 2 N–H and O–H groups in total. The summed E-state index contributed by atoms with van der Waals surface area (Å²) in [6.45, 7) is 3.84. The van der Waals surface area contributed by atoms with Crippen LogP contribution < -0.4 is 5.32 Å². The van der Waals surface area contributed by atoms with Gasteiger partial charge in [0.2, 0.25) is 0 Å². The van der Waals surface area contributed by atoms with Gasteiger partial charge >= 0.3 is 12.1 Å². The topological polar surface area (TPSA) is 87.3 Å². The molecule has 2 aromatic carbocycles. The highest BCUT2D eigenvalue weighted by Gasteiger charge is 2.35. The number of benzene rings is 2. The predicted molar refractivity (Wildman–Crippen MR) is 150 cm³/mol. The van der Waals surface area contributed by atoms with E-state index >= 15 is 0 Å². The second-order valence-corrected chi connectivity index (χ2v) is 10.6. The van der Waals surface area contributed by atoms with Crippen molar-refractivity contribution in [2.45, 2.75) is 38.9 Å². The number of alkyl halides is 3. The summed E-state index contributed by atoms with van der Waals surface area (Å²) in [5, 5.41) is 3.53. The molecule has 0 spiro atoms. The Labute approximate surface area is 235 Å². The molecule has 10 heteroatoms. The number of esters is 1. The van der Waals surface area contributed by atoms with Gasteiger partial charge in [-0.3, -0.25) is 9.69 Å². The van der Waals surface area contributed by atoms with E-state index < -0.39 is 23.6 Å². The van der Waals surface area contributed by atoms with Crippen molar-refractivity contribution in [2.24, 2.45) is 5.92 Å². The smallest absolute Gasteiger partial charge is 0.416 e. The van der Waals surface area contributed by atoms with E-state index in [1.165, 1.54) is 19.2 Å². The molecule has 1 aliphatic heterocycles. The van der Waals surface area contributed by atoms with Crippen molar-refractivity contribution >= 4 is 28.6 Å². The Morgan fingerprint density at radius 2 is 1.90 bits per heavy atom. The summed E-state index contributed by atoms with van der Waals surface area (Å²) in [7, 11) is 1.31. The number of aryl methyl sites for hydroxylation is 2. The molecule has 4 aromatic rings. The first-order valence-corrected chi connectivity index (χ1v) is 13.5. The summed E-state index contributed by atoms with van der Waals surface area (Å²) in [5.41, 5.74) is 2.68. The third-order valence-corrected chi connectivity index (χ3v) is 7.40. The average molecular weight is 565 g/mol. The minimum atomic E-state index is -4.56. The molecular formula is C31H31F3N4O3. The van der Waals surface area contributed by atoms with E-state index in [4.69, 9.17) is 4.74 Å². The Bertz CT molecular complexity index is 1580. The van der Waals surface area contributed by atoms with Crippen molar-refractivity contribution in [3.63, 3.8) is 0 Å². The van der Waals surface area contributed by atoms with Crippen LogP contribution in [-0.2, 0) is 30.3 Å². The molecule has 5 rings (SSSR count). The fraction of sp³-hybridized carbons (Fsp3) is 0.323. The highest BCUT2D eigenvalue weighted by atomic mass is 19.4. The molecule has 1 amide bonds. The number of anilines is 1. The molecule has 0 aliphatic carbocycles. The van der Waals surface area contributed by atoms with Crippen LogP contribution in [0, 0.1) is 5.92 Å². The lowest BCUT2D eigenvalue weighted by atomic mass is 10.0. The molecule has 1 unspecified atom stereocenters. The quantitative estimate of drug-likeness (QED) is 0.247. The zero-order valence-corrected chi connectivity index (χ0v) is 22.8. The Kier molecular flexibility index (Phi) is 8.12. The number of hydrogen-bond acceptors (Lipinski definition) is 5. The number of amides is 1. The number of H-pyrrole nitrogens is 1. The van der Waals surface area contributed by atoms with E-state index in [2.05, 4.69) is 22.2 Å². The van der Waals surface area contributed by atoms with E-state index in [-0.39, 0.29) is 17.7 Å². The van der Waals surface area contributed by atoms with Crippen LogP contribution in [0.15, 0.2) is 60.8 Å². The van der Waals surface area contributed by atoms with Gasteiger partial charge in [0.15, 0.2) is 0 Å². The number of pyridine rings is 1. The minimum absolute atomic E-state index is 0.0431. The number of aromatic nitrogens is 2. The Morgan fingerprint density at radius 3 is 2.63 bits per heavy atom.